The zero-order valence-corrected chi connectivity index (χ0v) is 14.8. The van der Waals surface area contributed by atoms with Crippen LogP contribution in [0.5, 0.6) is 5.75 Å². The van der Waals surface area contributed by atoms with Crippen LogP contribution in [-0.2, 0) is 23.1 Å². The van der Waals surface area contributed by atoms with Gasteiger partial charge in [-0.2, -0.15) is 0 Å². The predicted octanol–water partition coefficient (Wildman–Crippen LogP) is 2.66. The molecule has 0 radical (unpaired) electrons. The van der Waals surface area contributed by atoms with Crippen molar-refractivity contribution >= 4 is 17.3 Å². The second kappa shape index (κ2) is 7.13. The lowest BCUT2D eigenvalue weighted by molar-refractivity contribution is -0.304. The van der Waals surface area contributed by atoms with Gasteiger partial charge in [-0.25, -0.2) is 4.98 Å². The number of aliphatic carboxylic acids is 1. The summed E-state index contributed by atoms with van der Waals surface area (Å²) in [7, 11) is 0. The highest BCUT2D eigenvalue weighted by Crippen LogP contribution is 2.33. The van der Waals surface area contributed by atoms with Gasteiger partial charge in [-0.1, -0.05) is 39.0 Å². The quantitative estimate of drug-likeness (QED) is 0.816. The van der Waals surface area contributed by atoms with Crippen LogP contribution in [0.25, 0.3) is 0 Å². The molecule has 0 saturated heterocycles. The van der Waals surface area contributed by atoms with Crippen molar-refractivity contribution in [3.63, 3.8) is 0 Å². The number of carboxylic acid groups (broad SMARTS) is 1. The first-order chi connectivity index (χ1) is 10.8. The molecule has 0 aliphatic heterocycles. The van der Waals surface area contributed by atoms with Gasteiger partial charge in [0.25, 0.3) is 0 Å². The van der Waals surface area contributed by atoms with Crippen LogP contribution < -0.4 is 9.84 Å². The zero-order chi connectivity index (χ0) is 17.0. The summed E-state index contributed by atoms with van der Waals surface area (Å²) in [6.07, 6.45) is 0.527. The van der Waals surface area contributed by atoms with Gasteiger partial charge in [-0.15, -0.1) is 11.3 Å². The van der Waals surface area contributed by atoms with Crippen LogP contribution in [0.15, 0.2) is 23.6 Å². The smallest absolute Gasteiger partial charge is 0.125 e. The lowest BCUT2D eigenvalue weighted by Gasteiger charge is -2.24. The van der Waals surface area contributed by atoms with Crippen molar-refractivity contribution in [3.8, 4) is 5.75 Å². The molecule has 0 aliphatic carbocycles. The van der Waals surface area contributed by atoms with Crippen molar-refractivity contribution in [2.45, 2.75) is 46.0 Å². The average Bonchev–Trinajstić information content (AvgIpc) is 2.86. The molecule has 0 atom stereocenters. The molecule has 23 heavy (non-hydrogen) atoms. The lowest BCUT2D eigenvalue weighted by Crippen LogP contribution is -2.24. The van der Waals surface area contributed by atoms with Gasteiger partial charge in [0.05, 0.1) is 17.3 Å². The number of carboxylic acids is 1. The SMILES string of the molecule is Cc1cccc(C(C)(C)C)c1OCCc1nc(CC(=O)[O-])cs1. The molecular weight excluding hydrogens is 310 g/mol. The topological polar surface area (TPSA) is 62.2 Å². The highest BCUT2D eigenvalue weighted by atomic mass is 32.1. The number of hydrogen-bond donors (Lipinski definition) is 0. The largest absolute Gasteiger partial charge is 0.550 e. The Morgan fingerprint density at radius 1 is 1.35 bits per heavy atom. The number of para-hydroxylation sites is 1. The second-order valence-corrected chi connectivity index (χ2v) is 7.52. The molecule has 1 heterocycles. The van der Waals surface area contributed by atoms with Crippen molar-refractivity contribution in [1.29, 1.82) is 0 Å². The third kappa shape index (κ3) is 4.79. The normalized spacial score (nSPS) is 11.5. The molecular formula is C18H22NO3S-. The molecule has 2 rings (SSSR count). The summed E-state index contributed by atoms with van der Waals surface area (Å²) in [5, 5.41) is 13.2. The number of carbonyl (C=O) groups excluding carboxylic acids is 1. The Bertz CT molecular complexity index is 686. The van der Waals surface area contributed by atoms with E-state index in [1.165, 1.54) is 16.9 Å². The van der Waals surface area contributed by atoms with Crippen molar-refractivity contribution in [2.24, 2.45) is 0 Å². The van der Waals surface area contributed by atoms with Crippen molar-refractivity contribution in [2.75, 3.05) is 6.61 Å². The molecule has 124 valence electrons. The van der Waals surface area contributed by atoms with Crippen molar-refractivity contribution in [1.82, 2.24) is 4.98 Å². The molecule has 2 aromatic rings. The molecule has 0 aliphatic rings. The minimum absolute atomic E-state index is 0.0180. The number of benzene rings is 1. The molecule has 4 nitrogen and oxygen atoms in total. The van der Waals surface area contributed by atoms with Gasteiger partial charge in [0, 0.05) is 24.2 Å². The molecule has 1 aromatic heterocycles. The molecule has 0 unspecified atom stereocenters. The second-order valence-electron chi connectivity index (χ2n) is 6.58. The van der Waals surface area contributed by atoms with E-state index in [4.69, 9.17) is 4.74 Å². The molecule has 0 N–H and O–H groups in total. The average molecular weight is 332 g/mol. The molecule has 5 heteroatoms. The van der Waals surface area contributed by atoms with Gasteiger partial charge in [-0.3, -0.25) is 0 Å². The highest BCUT2D eigenvalue weighted by Gasteiger charge is 2.20. The van der Waals surface area contributed by atoms with E-state index in [0.717, 1.165) is 16.3 Å². The minimum atomic E-state index is -1.10. The predicted molar refractivity (Wildman–Crippen MR) is 89.9 cm³/mol. The van der Waals surface area contributed by atoms with Gasteiger partial charge in [0.2, 0.25) is 0 Å². The molecule has 1 aromatic carbocycles. The van der Waals surface area contributed by atoms with Gasteiger partial charge >= 0.3 is 0 Å². The summed E-state index contributed by atoms with van der Waals surface area (Å²) in [4.78, 5) is 14.9. The summed E-state index contributed by atoms with van der Waals surface area (Å²) in [5.74, 6) is -0.167. The number of hydrogen-bond acceptors (Lipinski definition) is 5. The fraction of sp³-hybridized carbons (Fsp3) is 0.444. The Kier molecular flexibility index (Phi) is 5.42. The van der Waals surface area contributed by atoms with E-state index in [-0.39, 0.29) is 11.8 Å². The first kappa shape index (κ1) is 17.5. The third-order valence-electron chi connectivity index (χ3n) is 3.51. The number of ether oxygens (including phenoxy) is 1. The number of aromatic nitrogens is 1. The van der Waals surface area contributed by atoms with E-state index >= 15 is 0 Å². The van der Waals surface area contributed by atoms with Crippen LogP contribution in [0, 0.1) is 6.92 Å². The van der Waals surface area contributed by atoms with E-state index in [0.29, 0.717) is 18.7 Å². The van der Waals surface area contributed by atoms with E-state index in [1.54, 1.807) is 5.38 Å². The Morgan fingerprint density at radius 3 is 2.74 bits per heavy atom. The summed E-state index contributed by atoms with van der Waals surface area (Å²) in [5.41, 5.74) is 2.88. The first-order valence-corrected chi connectivity index (χ1v) is 8.51. The summed E-state index contributed by atoms with van der Waals surface area (Å²) in [6, 6.07) is 6.20. The van der Waals surface area contributed by atoms with E-state index in [9.17, 15) is 9.90 Å². The number of carbonyl (C=O) groups is 1. The Hall–Kier alpha value is -1.88. The molecule has 0 amide bonds. The van der Waals surface area contributed by atoms with Crippen LogP contribution in [0.1, 0.15) is 42.6 Å². The molecule has 0 fully saturated rings. The summed E-state index contributed by atoms with van der Waals surface area (Å²) in [6.45, 7) is 9.07. The van der Waals surface area contributed by atoms with Crippen LogP contribution in [-0.4, -0.2) is 17.6 Å². The number of nitrogens with zero attached hydrogens (tertiary/aromatic N) is 1. The highest BCUT2D eigenvalue weighted by molar-refractivity contribution is 7.09. The fourth-order valence-electron chi connectivity index (χ4n) is 2.37. The van der Waals surface area contributed by atoms with Gasteiger partial charge in [-0.05, 0) is 23.5 Å². The number of aryl methyl sites for hydroxylation is 1. The maximum atomic E-state index is 10.6. The molecule has 0 saturated carbocycles. The Balaban J connectivity index is 2.02. The maximum absolute atomic E-state index is 10.6. The Labute approximate surface area is 141 Å². The summed E-state index contributed by atoms with van der Waals surface area (Å²) >= 11 is 1.46. The first-order valence-electron chi connectivity index (χ1n) is 7.63. The van der Waals surface area contributed by atoms with E-state index in [2.05, 4.69) is 37.9 Å². The maximum Gasteiger partial charge on any atom is 0.125 e. The van der Waals surface area contributed by atoms with Crippen LogP contribution >= 0.6 is 11.3 Å². The lowest BCUT2D eigenvalue weighted by atomic mass is 9.85. The summed E-state index contributed by atoms with van der Waals surface area (Å²) < 4.78 is 6.03. The van der Waals surface area contributed by atoms with Crippen molar-refractivity contribution in [3.05, 3.63) is 45.4 Å². The Morgan fingerprint density at radius 2 is 2.09 bits per heavy atom. The van der Waals surface area contributed by atoms with Crippen LogP contribution in [0.3, 0.4) is 0 Å². The standard InChI is InChI=1S/C18H23NO3S/c1-12-6-5-7-14(18(2,3)4)17(12)22-9-8-15-19-13(11-23-15)10-16(20)21/h5-7,11H,8-10H2,1-4H3,(H,20,21)/p-1. The third-order valence-corrected chi connectivity index (χ3v) is 4.46. The fourth-order valence-corrected chi connectivity index (χ4v) is 3.15. The van der Waals surface area contributed by atoms with Gasteiger partial charge < -0.3 is 14.6 Å². The number of thiazole rings is 1. The van der Waals surface area contributed by atoms with Gasteiger partial charge in [0.1, 0.15) is 5.75 Å². The molecule has 0 spiro atoms. The van der Waals surface area contributed by atoms with Crippen LogP contribution in [0.2, 0.25) is 0 Å². The van der Waals surface area contributed by atoms with E-state index in [1.807, 2.05) is 13.0 Å². The molecule has 0 bridgehead atoms. The van der Waals surface area contributed by atoms with Gasteiger partial charge in [0.15, 0.2) is 0 Å². The minimum Gasteiger partial charge on any atom is -0.550 e. The van der Waals surface area contributed by atoms with Crippen molar-refractivity contribution < 1.29 is 14.6 Å². The van der Waals surface area contributed by atoms with E-state index < -0.39 is 5.97 Å². The zero-order valence-electron chi connectivity index (χ0n) is 14.0. The number of rotatable bonds is 6. The van der Waals surface area contributed by atoms with Crippen LogP contribution in [0.4, 0.5) is 0 Å². The monoisotopic (exact) mass is 332 g/mol.